The zero-order valence-electron chi connectivity index (χ0n) is 20.3. The van der Waals surface area contributed by atoms with E-state index in [2.05, 4.69) is 15.3 Å². The van der Waals surface area contributed by atoms with Crippen molar-refractivity contribution in [3.8, 4) is 17.2 Å². The fourth-order valence-corrected chi connectivity index (χ4v) is 5.14. The van der Waals surface area contributed by atoms with Gasteiger partial charge in [0.2, 0.25) is 0 Å². The van der Waals surface area contributed by atoms with Crippen LogP contribution in [0.2, 0.25) is 0 Å². The summed E-state index contributed by atoms with van der Waals surface area (Å²) in [6.45, 7) is 4.44. The first-order chi connectivity index (χ1) is 17.7. The highest BCUT2D eigenvalue weighted by Crippen LogP contribution is 2.39. The van der Waals surface area contributed by atoms with Crippen molar-refractivity contribution in [3.63, 3.8) is 0 Å². The molecule has 8 nitrogen and oxygen atoms in total. The van der Waals surface area contributed by atoms with Gasteiger partial charge in [0, 0.05) is 42.5 Å². The number of aryl methyl sites for hydroxylation is 2. The van der Waals surface area contributed by atoms with Gasteiger partial charge in [-0.05, 0) is 49.6 Å². The minimum absolute atomic E-state index is 0.114. The van der Waals surface area contributed by atoms with Crippen LogP contribution in [-0.2, 0) is 0 Å². The molecule has 4 aromatic heterocycles. The van der Waals surface area contributed by atoms with Crippen molar-refractivity contribution in [3.05, 3.63) is 71.7 Å². The number of hydrogen-bond acceptors (Lipinski definition) is 6. The van der Waals surface area contributed by atoms with Crippen LogP contribution in [-0.4, -0.2) is 59.6 Å². The zero-order valence-corrected chi connectivity index (χ0v) is 20.3. The number of fused-ring (bicyclic) bond motifs is 2. The maximum Gasteiger partial charge on any atom is 0.408 e. The smallest absolute Gasteiger partial charge is 0.326 e. The number of halogens is 3. The topological polar surface area (TPSA) is 90.2 Å². The second-order valence-electron chi connectivity index (χ2n) is 9.64. The van der Waals surface area contributed by atoms with Crippen LogP contribution in [0.3, 0.4) is 0 Å². The normalized spacial score (nSPS) is 17.7. The fraction of sp³-hybridized carbons (Fsp3) is 0.308. The van der Waals surface area contributed by atoms with Gasteiger partial charge in [0.05, 0.1) is 17.4 Å². The third-order valence-electron chi connectivity index (χ3n) is 6.95. The summed E-state index contributed by atoms with van der Waals surface area (Å²) < 4.78 is 46.0. The lowest BCUT2D eigenvalue weighted by atomic mass is 10.1. The number of rotatable bonds is 4. The lowest BCUT2D eigenvalue weighted by molar-refractivity contribution is -0.183. The molecule has 1 fully saturated rings. The number of likely N-dealkylation sites (tertiary alicyclic amines) is 1. The van der Waals surface area contributed by atoms with Crippen molar-refractivity contribution in [2.75, 3.05) is 13.1 Å². The number of nitrogens with two attached hydrogens (primary N) is 1. The Labute approximate surface area is 210 Å². The number of pyridine rings is 2. The zero-order chi connectivity index (χ0) is 25.9. The van der Waals surface area contributed by atoms with E-state index in [0.29, 0.717) is 30.1 Å². The standard InChI is InChI=1S/C26H25F3N8/c1-15-11-31-37(12-15)21-7-4-17-3-6-20(32-23(17)16(21)2)25-34-33-22-8-5-18(13-36(22)25)24(26(27,28)29)35-10-9-19(30)14-35/h3-8,11-13,19,24H,9-10,14,30H2,1-2H3/t19?,24-/m1/s1. The van der Waals surface area contributed by atoms with Crippen molar-refractivity contribution < 1.29 is 13.2 Å². The molecule has 1 aliphatic heterocycles. The Kier molecular flexibility index (Phi) is 5.50. The van der Waals surface area contributed by atoms with Crippen LogP contribution >= 0.6 is 0 Å². The number of alkyl halides is 3. The number of hydrogen-bond donors (Lipinski definition) is 1. The first kappa shape index (κ1) is 23.6. The van der Waals surface area contributed by atoms with E-state index in [1.54, 1.807) is 21.3 Å². The van der Waals surface area contributed by atoms with Gasteiger partial charge in [0.25, 0.3) is 0 Å². The Balaban J connectivity index is 1.45. The summed E-state index contributed by atoms with van der Waals surface area (Å²) in [5.74, 6) is 0.373. The van der Waals surface area contributed by atoms with Crippen LogP contribution in [0, 0.1) is 13.8 Å². The van der Waals surface area contributed by atoms with E-state index in [9.17, 15) is 13.2 Å². The van der Waals surface area contributed by atoms with Crippen LogP contribution < -0.4 is 5.73 Å². The summed E-state index contributed by atoms with van der Waals surface area (Å²) in [4.78, 5) is 6.25. The number of aromatic nitrogens is 6. The summed E-state index contributed by atoms with van der Waals surface area (Å²) in [5, 5.41) is 13.8. The maximum atomic E-state index is 14.2. The molecule has 5 heterocycles. The third-order valence-corrected chi connectivity index (χ3v) is 6.95. The molecule has 5 aromatic rings. The van der Waals surface area contributed by atoms with E-state index in [0.717, 1.165) is 27.7 Å². The highest BCUT2D eigenvalue weighted by Gasteiger charge is 2.46. The molecule has 0 bridgehead atoms. The molecule has 2 N–H and O–H groups in total. The highest BCUT2D eigenvalue weighted by molar-refractivity contribution is 5.86. The van der Waals surface area contributed by atoms with Crippen molar-refractivity contribution in [1.82, 2.24) is 34.3 Å². The number of benzene rings is 1. The van der Waals surface area contributed by atoms with Crippen molar-refractivity contribution in [1.29, 1.82) is 0 Å². The van der Waals surface area contributed by atoms with Crippen LogP contribution in [0.4, 0.5) is 13.2 Å². The molecule has 0 radical (unpaired) electrons. The molecule has 11 heteroatoms. The van der Waals surface area contributed by atoms with Gasteiger partial charge in [-0.1, -0.05) is 18.2 Å². The van der Waals surface area contributed by atoms with Crippen molar-refractivity contribution in [2.24, 2.45) is 5.73 Å². The van der Waals surface area contributed by atoms with Gasteiger partial charge in [0.1, 0.15) is 11.7 Å². The highest BCUT2D eigenvalue weighted by atomic mass is 19.4. The van der Waals surface area contributed by atoms with Gasteiger partial charge in [-0.3, -0.25) is 9.30 Å². The third kappa shape index (κ3) is 4.13. The first-order valence-electron chi connectivity index (χ1n) is 12.0. The molecule has 6 rings (SSSR count). The molecule has 0 amide bonds. The Bertz CT molecular complexity index is 1620. The van der Waals surface area contributed by atoms with E-state index >= 15 is 0 Å². The predicted octanol–water partition coefficient (Wildman–Crippen LogP) is 4.38. The monoisotopic (exact) mass is 506 g/mol. The van der Waals surface area contributed by atoms with Crippen molar-refractivity contribution in [2.45, 2.75) is 38.5 Å². The predicted molar refractivity (Wildman–Crippen MR) is 133 cm³/mol. The number of nitrogens with zero attached hydrogens (tertiary/aromatic N) is 7. The SMILES string of the molecule is Cc1cnn(-c2ccc3ccc(-c4nnc5ccc([C@@H](N6CCC(N)C6)C(F)(F)F)cn45)nc3c2C)c1. The lowest BCUT2D eigenvalue weighted by Crippen LogP contribution is -2.38. The summed E-state index contributed by atoms with van der Waals surface area (Å²) in [7, 11) is 0. The van der Waals surface area contributed by atoms with E-state index in [1.807, 2.05) is 44.3 Å². The minimum atomic E-state index is -4.45. The summed E-state index contributed by atoms with van der Waals surface area (Å²) >= 11 is 0. The van der Waals surface area contributed by atoms with E-state index in [1.165, 1.54) is 17.2 Å². The molecule has 0 aliphatic carbocycles. The fourth-order valence-electron chi connectivity index (χ4n) is 5.14. The Morgan fingerprint density at radius 2 is 1.84 bits per heavy atom. The van der Waals surface area contributed by atoms with Gasteiger partial charge in [-0.15, -0.1) is 10.2 Å². The molecule has 1 aliphatic rings. The summed E-state index contributed by atoms with van der Waals surface area (Å²) in [6, 6.07) is 8.71. The van der Waals surface area contributed by atoms with Gasteiger partial charge in [0.15, 0.2) is 11.5 Å². The molecule has 1 saturated heterocycles. The second-order valence-corrected chi connectivity index (χ2v) is 9.64. The Morgan fingerprint density at radius 1 is 1.03 bits per heavy atom. The van der Waals surface area contributed by atoms with E-state index in [4.69, 9.17) is 10.7 Å². The summed E-state index contributed by atoms with van der Waals surface area (Å²) in [5.41, 5.74) is 10.6. The minimum Gasteiger partial charge on any atom is -0.326 e. The first-order valence-corrected chi connectivity index (χ1v) is 12.0. The molecule has 1 unspecified atom stereocenters. The van der Waals surface area contributed by atoms with Gasteiger partial charge >= 0.3 is 6.18 Å². The van der Waals surface area contributed by atoms with Gasteiger partial charge in [-0.25, -0.2) is 9.67 Å². The van der Waals surface area contributed by atoms with Crippen LogP contribution in [0.15, 0.2) is 55.0 Å². The molecule has 37 heavy (non-hydrogen) atoms. The molecule has 190 valence electrons. The van der Waals surface area contributed by atoms with Crippen molar-refractivity contribution >= 4 is 16.6 Å². The molecular weight excluding hydrogens is 481 g/mol. The van der Waals surface area contributed by atoms with Crippen LogP contribution in [0.1, 0.15) is 29.2 Å². The molecule has 2 atom stereocenters. The van der Waals surface area contributed by atoms with Gasteiger partial charge < -0.3 is 5.73 Å². The quantitative estimate of drug-likeness (QED) is 0.389. The molecule has 0 spiro atoms. The lowest BCUT2D eigenvalue weighted by Gasteiger charge is -2.30. The van der Waals surface area contributed by atoms with Crippen LogP contribution in [0.5, 0.6) is 0 Å². The largest absolute Gasteiger partial charge is 0.408 e. The van der Waals surface area contributed by atoms with E-state index in [-0.39, 0.29) is 18.2 Å². The van der Waals surface area contributed by atoms with Gasteiger partial charge in [-0.2, -0.15) is 18.3 Å². The second kappa shape index (κ2) is 8.63. The Morgan fingerprint density at radius 3 is 2.54 bits per heavy atom. The molecular formula is C26H25F3N8. The van der Waals surface area contributed by atoms with Crippen LogP contribution in [0.25, 0.3) is 33.8 Å². The Hall–Kier alpha value is -3.83. The maximum absolute atomic E-state index is 14.2. The summed E-state index contributed by atoms with van der Waals surface area (Å²) in [6.07, 6.45) is 1.28. The van der Waals surface area contributed by atoms with E-state index < -0.39 is 12.2 Å². The molecule has 1 aromatic carbocycles. The average Bonchev–Trinajstić information content (AvgIpc) is 3.58. The average molecular weight is 507 g/mol. The molecule has 0 saturated carbocycles.